The molecule has 2 N–H and O–H groups in total. The molecule has 3 aromatic rings. The van der Waals surface area contributed by atoms with Crippen molar-refractivity contribution >= 4 is 15.9 Å². The lowest BCUT2D eigenvalue weighted by molar-refractivity contribution is 0.431. The van der Waals surface area contributed by atoms with Gasteiger partial charge in [0.1, 0.15) is 5.69 Å². The molecule has 2 aromatic heterocycles. The molecule has 0 saturated heterocycles. The molecule has 0 amide bonds. The summed E-state index contributed by atoms with van der Waals surface area (Å²) in [6, 6.07) is 5.93. The maximum absolute atomic E-state index is 5.51. The molecule has 0 bridgehead atoms. The van der Waals surface area contributed by atoms with Gasteiger partial charge in [0.2, 0.25) is 5.82 Å². The number of benzene rings is 1. The Morgan fingerprint density at radius 2 is 2.24 bits per heavy atom. The molecule has 6 nitrogen and oxygen atoms in total. The van der Waals surface area contributed by atoms with Gasteiger partial charge in [-0.2, -0.15) is 4.98 Å². The maximum Gasteiger partial charge on any atom is 0.278 e. The summed E-state index contributed by atoms with van der Waals surface area (Å²) in [7, 11) is 0. The van der Waals surface area contributed by atoms with Gasteiger partial charge >= 0.3 is 0 Å². The first-order valence-electron chi connectivity index (χ1n) is 6.50. The molecule has 0 aliphatic heterocycles. The lowest BCUT2D eigenvalue weighted by Crippen LogP contribution is -2.07. The average Bonchev–Trinajstić information content (AvgIpc) is 3.11. The standard InChI is InChI=1S/C14H14BrN5O/c1-9-2-3-10(6-11(9)15)13-18-14(21-19-13)12-7-20(5-4-16)8-17-12/h2-3,6-8H,4-5,16H2,1H3. The van der Waals surface area contributed by atoms with Crippen LogP contribution in [-0.2, 0) is 6.54 Å². The Hall–Kier alpha value is -1.99. The Bertz CT molecular complexity index is 764. The number of halogens is 1. The largest absolute Gasteiger partial charge is 0.335 e. The molecule has 0 radical (unpaired) electrons. The molecular weight excluding hydrogens is 334 g/mol. The quantitative estimate of drug-likeness (QED) is 0.784. The maximum atomic E-state index is 5.51. The van der Waals surface area contributed by atoms with Crippen LogP contribution in [0.25, 0.3) is 23.0 Å². The summed E-state index contributed by atoms with van der Waals surface area (Å²) in [6.07, 6.45) is 3.55. The highest BCUT2D eigenvalue weighted by Gasteiger charge is 2.13. The van der Waals surface area contributed by atoms with Crippen molar-refractivity contribution in [2.24, 2.45) is 5.73 Å². The Balaban J connectivity index is 1.89. The highest BCUT2D eigenvalue weighted by molar-refractivity contribution is 9.10. The van der Waals surface area contributed by atoms with Gasteiger partial charge in [0.15, 0.2) is 0 Å². The fourth-order valence-corrected chi connectivity index (χ4v) is 2.30. The molecule has 2 heterocycles. The summed E-state index contributed by atoms with van der Waals surface area (Å²) in [6.45, 7) is 3.29. The first kappa shape index (κ1) is 14.0. The van der Waals surface area contributed by atoms with Gasteiger partial charge in [-0.05, 0) is 18.6 Å². The highest BCUT2D eigenvalue weighted by atomic mass is 79.9. The highest BCUT2D eigenvalue weighted by Crippen LogP contribution is 2.25. The molecule has 0 aliphatic carbocycles. The van der Waals surface area contributed by atoms with Gasteiger partial charge in [0.05, 0.1) is 6.33 Å². The molecule has 0 atom stereocenters. The Labute approximate surface area is 130 Å². The summed E-state index contributed by atoms with van der Waals surface area (Å²) in [5.74, 6) is 0.941. The van der Waals surface area contributed by atoms with E-state index in [-0.39, 0.29) is 0 Å². The third-order valence-electron chi connectivity index (χ3n) is 3.10. The van der Waals surface area contributed by atoms with Crippen LogP contribution < -0.4 is 5.73 Å². The summed E-state index contributed by atoms with van der Waals surface area (Å²) < 4.78 is 8.19. The average molecular weight is 348 g/mol. The minimum atomic E-state index is 0.400. The van der Waals surface area contributed by atoms with Crippen molar-refractivity contribution in [2.75, 3.05) is 6.54 Å². The first-order valence-corrected chi connectivity index (χ1v) is 7.29. The van der Waals surface area contributed by atoms with Gasteiger partial charge < -0.3 is 14.8 Å². The first-order chi connectivity index (χ1) is 10.2. The van der Waals surface area contributed by atoms with Crippen LogP contribution in [0.3, 0.4) is 0 Å². The molecule has 1 aromatic carbocycles. The van der Waals surface area contributed by atoms with E-state index in [1.807, 2.05) is 35.9 Å². The molecule has 7 heteroatoms. The molecule has 0 unspecified atom stereocenters. The number of nitrogens with two attached hydrogens (primary N) is 1. The van der Waals surface area contributed by atoms with Crippen molar-refractivity contribution in [2.45, 2.75) is 13.5 Å². The second-order valence-electron chi connectivity index (χ2n) is 4.67. The van der Waals surface area contributed by atoms with E-state index in [1.54, 1.807) is 6.33 Å². The molecule has 21 heavy (non-hydrogen) atoms. The van der Waals surface area contributed by atoms with E-state index in [1.165, 1.54) is 0 Å². The fraction of sp³-hybridized carbons (Fsp3) is 0.214. The summed E-state index contributed by atoms with van der Waals surface area (Å²) in [5.41, 5.74) is 8.21. The van der Waals surface area contributed by atoms with E-state index in [9.17, 15) is 0 Å². The summed E-state index contributed by atoms with van der Waals surface area (Å²) >= 11 is 3.50. The third-order valence-corrected chi connectivity index (χ3v) is 3.95. The zero-order valence-corrected chi connectivity index (χ0v) is 13.0. The molecule has 3 rings (SSSR count). The zero-order valence-electron chi connectivity index (χ0n) is 11.5. The van der Waals surface area contributed by atoms with Crippen molar-refractivity contribution in [3.63, 3.8) is 0 Å². The van der Waals surface area contributed by atoms with Crippen LogP contribution in [0.15, 0.2) is 39.7 Å². The lowest BCUT2D eigenvalue weighted by Gasteiger charge is -1.99. The predicted octanol–water partition coefficient (Wildman–Crippen LogP) is 2.63. The van der Waals surface area contributed by atoms with Crippen molar-refractivity contribution < 1.29 is 4.52 Å². The second-order valence-corrected chi connectivity index (χ2v) is 5.53. The van der Waals surface area contributed by atoms with Crippen molar-refractivity contribution in [1.82, 2.24) is 19.7 Å². The van der Waals surface area contributed by atoms with Gasteiger partial charge in [-0.3, -0.25) is 0 Å². The molecule has 0 spiro atoms. The third kappa shape index (κ3) is 2.88. The molecule has 0 fully saturated rings. The lowest BCUT2D eigenvalue weighted by atomic mass is 10.1. The normalized spacial score (nSPS) is 11.0. The Morgan fingerprint density at radius 3 is 3.00 bits per heavy atom. The number of imidazole rings is 1. The number of aromatic nitrogens is 4. The van der Waals surface area contributed by atoms with Gasteiger partial charge in [-0.15, -0.1) is 0 Å². The topological polar surface area (TPSA) is 82.8 Å². The SMILES string of the molecule is Cc1ccc(-c2noc(-c3cn(CCN)cn3)n2)cc1Br. The molecule has 108 valence electrons. The Kier molecular flexibility index (Phi) is 3.85. The summed E-state index contributed by atoms with van der Waals surface area (Å²) in [5, 5.41) is 4.01. The van der Waals surface area contributed by atoms with E-state index in [0.29, 0.717) is 30.5 Å². The van der Waals surface area contributed by atoms with Crippen LogP contribution in [-0.4, -0.2) is 26.2 Å². The van der Waals surface area contributed by atoms with Crippen LogP contribution >= 0.6 is 15.9 Å². The number of nitrogens with zero attached hydrogens (tertiary/aromatic N) is 4. The van der Waals surface area contributed by atoms with Gasteiger partial charge in [0, 0.05) is 29.3 Å². The van der Waals surface area contributed by atoms with Crippen LogP contribution in [0.5, 0.6) is 0 Å². The minimum absolute atomic E-state index is 0.400. The second kappa shape index (κ2) is 5.79. The van der Waals surface area contributed by atoms with Gasteiger partial charge in [-0.25, -0.2) is 4.98 Å². The van der Waals surface area contributed by atoms with E-state index in [2.05, 4.69) is 31.1 Å². The smallest absolute Gasteiger partial charge is 0.278 e. The fourth-order valence-electron chi connectivity index (χ4n) is 1.92. The van der Waals surface area contributed by atoms with Crippen molar-refractivity contribution in [1.29, 1.82) is 0 Å². The van der Waals surface area contributed by atoms with E-state index in [4.69, 9.17) is 10.3 Å². The van der Waals surface area contributed by atoms with Crippen LogP contribution in [0, 0.1) is 6.92 Å². The zero-order chi connectivity index (χ0) is 14.8. The molecule has 0 saturated carbocycles. The van der Waals surface area contributed by atoms with Crippen LogP contribution in [0.2, 0.25) is 0 Å². The van der Waals surface area contributed by atoms with Crippen LogP contribution in [0.4, 0.5) is 0 Å². The van der Waals surface area contributed by atoms with Gasteiger partial charge in [-0.1, -0.05) is 33.2 Å². The number of hydrogen-bond acceptors (Lipinski definition) is 5. The van der Waals surface area contributed by atoms with Crippen molar-refractivity contribution in [3.05, 3.63) is 40.8 Å². The van der Waals surface area contributed by atoms with E-state index in [0.717, 1.165) is 15.6 Å². The van der Waals surface area contributed by atoms with Gasteiger partial charge in [0.25, 0.3) is 5.89 Å². The van der Waals surface area contributed by atoms with Crippen molar-refractivity contribution in [3.8, 4) is 23.0 Å². The number of hydrogen-bond donors (Lipinski definition) is 1. The number of aryl methyl sites for hydroxylation is 1. The Morgan fingerprint density at radius 1 is 1.38 bits per heavy atom. The van der Waals surface area contributed by atoms with E-state index < -0.39 is 0 Å². The monoisotopic (exact) mass is 347 g/mol. The molecule has 0 aliphatic rings. The van der Waals surface area contributed by atoms with E-state index >= 15 is 0 Å². The molecular formula is C14H14BrN5O. The summed E-state index contributed by atoms with van der Waals surface area (Å²) in [4.78, 5) is 8.63. The van der Waals surface area contributed by atoms with Crippen LogP contribution in [0.1, 0.15) is 5.56 Å². The minimum Gasteiger partial charge on any atom is -0.335 e. The number of rotatable bonds is 4. The predicted molar refractivity (Wildman–Crippen MR) is 82.4 cm³/mol.